The number of rotatable bonds is 7. The second-order valence-electron chi connectivity index (χ2n) is 4.36. The Bertz CT molecular complexity index is 165. The summed E-state index contributed by atoms with van der Waals surface area (Å²) in [5.74, 6) is 1.11. The van der Waals surface area contributed by atoms with Crippen LogP contribution in [0.4, 0.5) is 0 Å². The monoisotopic (exact) mass is 230 g/mol. The van der Waals surface area contributed by atoms with Gasteiger partial charge in [-0.15, -0.1) is 0 Å². The van der Waals surface area contributed by atoms with E-state index in [4.69, 9.17) is 14.2 Å². The zero-order valence-corrected chi connectivity index (χ0v) is 10.9. The van der Waals surface area contributed by atoms with Crippen LogP contribution in [0.3, 0.4) is 0 Å². The molecule has 1 saturated heterocycles. The summed E-state index contributed by atoms with van der Waals surface area (Å²) in [7, 11) is 0. The lowest BCUT2D eigenvalue weighted by atomic mass is 9.84. The van der Waals surface area contributed by atoms with Crippen LogP contribution in [-0.2, 0) is 14.2 Å². The van der Waals surface area contributed by atoms with Crippen molar-refractivity contribution in [3.63, 3.8) is 0 Å². The molecule has 0 amide bonds. The standard InChI is InChI=1S/C13H26O3/c1-4-7-11-8-9-14-10-12(11)13(15-5-2)16-6-3/h11-13H,4-10H2,1-3H3. The van der Waals surface area contributed by atoms with Crippen molar-refractivity contribution in [2.75, 3.05) is 26.4 Å². The minimum atomic E-state index is -0.0770. The Kier molecular flexibility index (Phi) is 7.01. The predicted octanol–water partition coefficient (Wildman–Crippen LogP) is 2.84. The molecule has 0 aliphatic carbocycles. The van der Waals surface area contributed by atoms with Crippen LogP contribution in [0.5, 0.6) is 0 Å². The van der Waals surface area contributed by atoms with E-state index in [-0.39, 0.29) is 6.29 Å². The Morgan fingerprint density at radius 1 is 1.19 bits per heavy atom. The molecule has 1 heterocycles. The first-order valence-electron chi connectivity index (χ1n) is 6.64. The fourth-order valence-corrected chi connectivity index (χ4v) is 2.46. The van der Waals surface area contributed by atoms with E-state index in [1.807, 2.05) is 13.8 Å². The first-order chi connectivity index (χ1) is 7.83. The molecule has 0 bridgehead atoms. The van der Waals surface area contributed by atoms with Crippen molar-refractivity contribution in [1.29, 1.82) is 0 Å². The van der Waals surface area contributed by atoms with Crippen molar-refractivity contribution < 1.29 is 14.2 Å². The molecule has 0 saturated carbocycles. The van der Waals surface area contributed by atoms with Crippen LogP contribution in [0.15, 0.2) is 0 Å². The molecule has 1 fully saturated rings. The van der Waals surface area contributed by atoms with Gasteiger partial charge in [0.05, 0.1) is 6.61 Å². The number of hydrogen-bond donors (Lipinski definition) is 0. The lowest BCUT2D eigenvalue weighted by molar-refractivity contribution is -0.200. The van der Waals surface area contributed by atoms with Crippen molar-refractivity contribution in [1.82, 2.24) is 0 Å². The zero-order valence-electron chi connectivity index (χ0n) is 10.9. The van der Waals surface area contributed by atoms with E-state index in [0.717, 1.165) is 19.6 Å². The molecule has 1 aliphatic rings. The summed E-state index contributed by atoms with van der Waals surface area (Å²) in [5.41, 5.74) is 0. The molecule has 0 radical (unpaired) electrons. The lowest BCUT2D eigenvalue weighted by Gasteiger charge is -2.36. The Balaban J connectivity index is 2.54. The molecule has 1 aliphatic heterocycles. The summed E-state index contributed by atoms with van der Waals surface area (Å²) < 4.78 is 17.0. The fraction of sp³-hybridized carbons (Fsp3) is 1.00. The van der Waals surface area contributed by atoms with E-state index in [1.165, 1.54) is 12.8 Å². The molecule has 2 unspecified atom stereocenters. The normalized spacial score (nSPS) is 26.2. The SMILES string of the molecule is CCCC1CCOCC1C(OCC)OCC. The molecular formula is C13H26O3. The average Bonchev–Trinajstić information content (AvgIpc) is 2.30. The number of ether oxygens (including phenoxy) is 3. The van der Waals surface area contributed by atoms with Gasteiger partial charge in [0.1, 0.15) is 0 Å². The second kappa shape index (κ2) is 8.04. The Morgan fingerprint density at radius 2 is 1.88 bits per heavy atom. The van der Waals surface area contributed by atoms with Crippen LogP contribution in [0.25, 0.3) is 0 Å². The van der Waals surface area contributed by atoms with E-state index in [2.05, 4.69) is 6.92 Å². The maximum Gasteiger partial charge on any atom is 0.162 e. The van der Waals surface area contributed by atoms with Crippen LogP contribution < -0.4 is 0 Å². The summed E-state index contributed by atoms with van der Waals surface area (Å²) in [6.07, 6.45) is 3.55. The van der Waals surface area contributed by atoms with Crippen LogP contribution in [0.1, 0.15) is 40.0 Å². The Hall–Kier alpha value is -0.120. The summed E-state index contributed by atoms with van der Waals surface area (Å²) >= 11 is 0. The molecule has 0 aromatic carbocycles. The zero-order chi connectivity index (χ0) is 11.8. The maximum absolute atomic E-state index is 5.70. The minimum Gasteiger partial charge on any atom is -0.381 e. The third-order valence-corrected chi connectivity index (χ3v) is 3.22. The first-order valence-corrected chi connectivity index (χ1v) is 6.64. The highest BCUT2D eigenvalue weighted by molar-refractivity contribution is 4.76. The molecule has 0 spiro atoms. The molecule has 0 aromatic heterocycles. The lowest BCUT2D eigenvalue weighted by Crippen LogP contribution is -2.39. The highest BCUT2D eigenvalue weighted by atomic mass is 16.7. The Morgan fingerprint density at radius 3 is 2.44 bits per heavy atom. The third kappa shape index (κ3) is 4.04. The van der Waals surface area contributed by atoms with Gasteiger partial charge in [0.2, 0.25) is 0 Å². The quantitative estimate of drug-likeness (QED) is 0.629. The maximum atomic E-state index is 5.70. The van der Waals surface area contributed by atoms with Crippen LogP contribution in [-0.4, -0.2) is 32.7 Å². The third-order valence-electron chi connectivity index (χ3n) is 3.22. The molecule has 16 heavy (non-hydrogen) atoms. The molecule has 96 valence electrons. The summed E-state index contributed by atoms with van der Waals surface area (Å²) in [6, 6.07) is 0. The van der Waals surface area contributed by atoms with E-state index < -0.39 is 0 Å². The van der Waals surface area contributed by atoms with Crippen molar-refractivity contribution in [3.05, 3.63) is 0 Å². The van der Waals surface area contributed by atoms with Gasteiger partial charge in [-0.25, -0.2) is 0 Å². The van der Waals surface area contributed by atoms with Gasteiger partial charge >= 0.3 is 0 Å². The minimum absolute atomic E-state index is 0.0770. The molecule has 2 atom stereocenters. The van der Waals surface area contributed by atoms with Gasteiger partial charge in [0.15, 0.2) is 6.29 Å². The largest absolute Gasteiger partial charge is 0.381 e. The van der Waals surface area contributed by atoms with Crippen molar-refractivity contribution in [2.24, 2.45) is 11.8 Å². The highest BCUT2D eigenvalue weighted by Crippen LogP contribution is 2.30. The smallest absolute Gasteiger partial charge is 0.162 e. The molecule has 0 N–H and O–H groups in total. The molecular weight excluding hydrogens is 204 g/mol. The van der Waals surface area contributed by atoms with E-state index in [1.54, 1.807) is 0 Å². The predicted molar refractivity (Wildman–Crippen MR) is 64.4 cm³/mol. The van der Waals surface area contributed by atoms with Gasteiger partial charge in [-0.2, -0.15) is 0 Å². The van der Waals surface area contributed by atoms with E-state index in [9.17, 15) is 0 Å². The van der Waals surface area contributed by atoms with E-state index in [0.29, 0.717) is 25.0 Å². The molecule has 1 rings (SSSR count). The van der Waals surface area contributed by atoms with Crippen LogP contribution in [0.2, 0.25) is 0 Å². The van der Waals surface area contributed by atoms with Crippen molar-refractivity contribution in [2.45, 2.75) is 46.3 Å². The van der Waals surface area contributed by atoms with Crippen molar-refractivity contribution in [3.8, 4) is 0 Å². The van der Waals surface area contributed by atoms with Gasteiger partial charge in [-0.1, -0.05) is 19.8 Å². The van der Waals surface area contributed by atoms with Gasteiger partial charge in [0.25, 0.3) is 0 Å². The summed E-state index contributed by atoms with van der Waals surface area (Å²) in [5, 5.41) is 0. The van der Waals surface area contributed by atoms with Gasteiger partial charge < -0.3 is 14.2 Å². The Labute approximate surface area is 99.5 Å². The average molecular weight is 230 g/mol. The molecule has 3 heteroatoms. The van der Waals surface area contributed by atoms with Gasteiger partial charge in [-0.05, 0) is 26.2 Å². The molecule has 0 aromatic rings. The first kappa shape index (κ1) is 13.9. The van der Waals surface area contributed by atoms with Gasteiger partial charge in [0, 0.05) is 25.7 Å². The van der Waals surface area contributed by atoms with Crippen LogP contribution in [0, 0.1) is 11.8 Å². The van der Waals surface area contributed by atoms with E-state index >= 15 is 0 Å². The van der Waals surface area contributed by atoms with Crippen molar-refractivity contribution >= 4 is 0 Å². The second-order valence-corrected chi connectivity index (χ2v) is 4.36. The summed E-state index contributed by atoms with van der Waals surface area (Å²) in [4.78, 5) is 0. The fourth-order valence-electron chi connectivity index (χ4n) is 2.46. The van der Waals surface area contributed by atoms with Crippen LogP contribution >= 0.6 is 0 Å². The topological polar surface area (TPSA) is 27.7 Å². The number of hydrogen-bond acceptors (Lipinski definition) is 3. The van der Waals surface area contributed by atoms with Gasteiger partial charge in [-0.3, -0.25) is 0 Å². The highest BCUT2D eigenvalue weighted by Gasteiger charge is 2.32. The molecule has 3 nitrogen and oxygen atoms in total. The summed E-state index contributed by atoms with van der Waals surface area (Å²) in [6.45, 7) is 9.37.